The van der Waals surface area contributed by atoms with E-state index in [-0.39, 0.29) is 0 Å². The summed E-state index contributed by atoms with van der Waals surface area (Å²) in [6.07, 6.45) is 2.61. The molecule has 0 atom stereocenters. The average molecular weight is 316 g/mol. The predicted molar refractivity (Wildman–Crippen MR) is 103 cm³/mol. The fraction of sp³-hybridized carbons (Fsp3) is 1.00. The van der Waals surface area contributed by atoms with Crippen molar-refractivity contribution in [3.63, 3.8) is 0 Å². The van der Waals surface area contributed by atoms with Crippen LogP contribution >= 0.6 is 0 Å². The Morgan fingerprint density at radius 2 is 1.45 bits per heavy atom. The third-order valence-electron chi connectivity index (χ3n) is 4.26. The molecule has 0 bridgehead atoms. The summed E-state index contributed by atoms with van der Waals surface area (Å²) in [5.41, 5.74) is 0.342. The van der Waals surface area contributed by atoms with Crippen molar-refractivity contribution in [3.05, 3.63) is 0 Å². The van der Waals surface area contributed by atoms with Crippen LogP contribution in [-0.2, 0) is 0 Å². The third kappa shape index (κ3) is 12.4. The highest BCUT2D eigenvalue weighted by Gasteiger charge is 2.15. The van der Waals surface area contributed by atoms with E-state index in [1.165, 1.54) is 45.6 Å². The maximum absolute atomic E-state index is 2.53. The van der Waals surface area contributed by atoms with Gasteiger partial charge in [-0.15, -0.1) is 0 Å². The minimum absolute atomic E-state index is 0.342. The normalized spacial score (nSPS) is 16.9. The van der Waals surface area contributed by atoms with Crippen molar-refractivity contribution in [1.29, 1.82) is 0 Å². The van der Waals surface area contributed by atoms with E-state index >= 15 is 0 Å². The van der Waals surface area contributed by atoms with Gasteiger partial charge < -0.3 is 9.80 Å². The summed E-state index contributed by atoms with van der Waals surface area (Å²) in [7, 11) is 4.38. The highest BCUT2D eigenvalue weighted by atomic mass is 15.3. The second kappa shape index (κ2) is 13.3. The second-order valence-electron chi connectivity index (χ2n) is 7.38. The standard InChI is InChI=1S/C9H21N.C8H18N2.C2H6/c1-6-7-8-10(5)9(2,3)4;1-8(2)10-6-4-9(3)5-7-10;1-2/h6-8H2,1-5H3;8H,4-7H2,1-3H3;1-2H3. The molecule has 0 radical (unpaired) electrons. The number of rotatable bonds is 4. The summed E-state index contributed by atoms with van der Waals surface area (Å²) in [4.78, 5) is 7.31. The van der Waals surface area contributed by atoms with Crippen LogP contribution in [0.5, 0.6) is 0 Å². The molecule has 3 heteroatoms. The fourth-order valence-corrected chi connectivity index (χ4v) is 2.07. The molecule has 22 heavy (non-hydrogen) atoms. The van der Waals surface area contributed by atoms with E-state index in [0.29, 0.717) is 5.54 Å². The molecule has 1 aliphatic rings. The minimum Gasteiger partial charge on any atom is -0.304 e. The molecule has 1 saturated heterocycles. The van der Waals surface area contributed by atoms with E-state index in [9.17, 15) is 0 Å². The highest BCUT2D eigenvalue weighted by Crippen LogP contribution is 2.10. The van der Waals surface area contributed by atoms with Crippen LogP contribution < -0.4 is 0 Å². The van der Waals surface area contributed by atoms with Gasteiger partial charge in [0.15, 0.2) is 0 Å². The van der Waals surface area contributed by atoms with Gasteiger partial charge in [0.1, 0.15) is 0 Å². The minimum atomic E-state index is 0.342. The molecular weight excluding hydrogens is 270 g/mol. The predicted octanol–water partition coefficient (Wildman–Crippen LogP) is 4.19. The first-order valence-electron chi connectivity index (χ1n) is 9.32. The second-order valence-corrected chi connectivity index (χ2v) is 7.38. The van der Waals surface area contributed by atoms with Crippen LogP contribution in [0.15, 0.2) is 0 Å². The van der Waals surface area contributed by atoms with Crippen molar-refractivity contribution in [3.8, 4) is 0 Å². The van der Waals surface area contributed by atoms with Crippen molar-refractivity contribution < 1.29 is 0 Å². The SMILES string of the molecule is CC.CC(C)N1CCN(C)CC1.CCCCN(C)C(C)(C)C. The largest absolute Gasteiger partial charge is 0.304 e. The number of likely N-dealkylation sites (N-methyl/N-ethyl adjacent to an activating group) is 1. The Labute approximate surface area is 142 Å². The van der Waals surface area contributed by atoms with Gasteiger partial charge in [0.2, 0.25) is 0 Å². The Hall–Kier alpha value is -0.120. The quantitative estimate of drug-likeness (QED) is 0.770. The van der Waals surface area contributed by atoms with E-state index in [1.54, 1.807) is 0 Å². The highest BCUT2D eigenvalue weighted by molar-refractivity contribution is 4.72. The zero-order valence-corrected chi connectivity index (χ0v) is 17.4. The zero-order chi connectivity index (χ0) is 17.8. The molecule has 0 aromatic heterocycles. The fourth-order valence-electron chi connectivity index (χ4n) is 2.07. The van der Waals surface area contributed by atoms with E-state index in [4.69, 9.17) is 0 Å². The molecule has 1 heterocycles. The first-order valence-corrected chi connectivity index (χ1v) is 9.32. The molecule has 0 spiro atoms. The van der Waals surface area contributed by atoms with Crippen LogP contribution in [0, 0.1) is 0 Å². The molecular formula is C19H45N3. The van der Waals surface area contributed by atoms with Crippen molar-refractivity contribution in [1.82, 2.24) is 14.7 Å². The van der Waals surface area contributed by atoms with E-state index in [1.807, 2.05) is 13.8 Å². The molecule has 0 saturated carbocycles. The van der Waals surface area contributed by atoms with Crippen LogP contribution in [0.25, 0.3) is 0 Å². The van der Waals surface area contributed by atoms with Gasteiger partial charge in [-0.1, -0.05) is 27.2 Å². The van der Waals surface area contributed by atoms with Crippen LogP contribution in [-0.4, -0.2) is 73.1 Å². The van der Waals surface area contributed by atoms with Gasteiger partial charge in [0.05, 0.1) is 0 Å². The summed E-state index contributed by atoms with van der Waals surface area (Å²) in [6.45, 7) is 23.7. The lowest BCUT2D eigenvalue weighted by Crippen LogP contribution is -2.47. The van der Waals surface area contributed by atoms with Gasteiger partial charge in [0.25, 0.3) is 0 Å². The average Bonchev–Trinajstić information content (AvgIpc) is 2.47. The number of unbranched alkanes of at least 4 members (excludes halogenated alkanes) is 1. The van der Waals surface area contributed by atoms with Crippen LogP contribution in [0.4, 0.5) is 0 Å². The maximum atomic E-state index is 2.53. The smallest absolute Gasteiger partial charge is 0.0122 e. The zero-order valence-electron chi connectivity index (χ0n) is 17.4. The lowest BCUT2D eigenvalue weighted by Gasteiger charge is -2.34. The van der Waals surface area contributed by atoms with E-state index < -0.39 is 0 Å². The molecule has 0 aromatic carbocycles. The number of piperazine rings is 1. The first-order chi connectivity index (χ1) is 10.2. The monoisotopic (exact) mass is 315 g/mol. The Bertz CT molecular complexity index is 225. The van der Waals surface area contributed by atoms with Crippen molar-refractivity contribution in [2.24, 2.45) is 0 Å². The van der Waals surface area contributed by atoms with Crippen molar-refractivity contribution >= 4 is 0 Å². The van der Waals surface area contributed by atoms with Gasteiger partial charge in [-0.05, 0) is 61.7 Å². The van der Waals surface area contributed by atoms with Crippen molar-refractivity contribution in [2.75, 3.05) is 46.8 Å². The first kappa shape index (κ1) is 24.1. The van der Waals surface area contributed by atoms with Gasteiger partial charge in [-0.3, -0.25) is 4.90 Å². The number of hydrogen-bond acceptors (Lipinski definition) is 3. The lowest BCUT2D eigenvalue weighted by molar-refractivity contribution is 0.126. The van der Waals surface area contributed by atoms with Crippen LogP contribution in [0.2, 0.25) is 0 Å². The summed E-state index contributed by atoms with van der Waals surface area (Å²) >= 11 is 0. The molecule has 1 aliphatic heterocycles. The summed E-state index contributed by atoms with van der Waals surface area (Å²) in [6, 6.07) is 0.730. The number of hydrogen-bond donors (Lipinski definition) is 0. The van der Waals surface area contributed by atoms with Gasteiger partial charge in [-0.25, -0.2) is 0 Å². The van der Waals surface area contributed by atoms with Crippen LogP contribution in [0.1, 0.15) is 68.2 Å². The maximum Gasteiger partial charge on any atom is 0.0122 e. The molecule has 0 aliphatic carbocycles. The Kier molecular flexibility index (Phi) is 14.6. The molecule has 0 N–H and O–H groups in total. The Morgan fingerprint density at radius 1 is 1.00 bits per heavy atom. The van der Waals surface area contributed by atoms with Gasteiger partial charge >= 0.3 is 0 Å². The Morgan fingerprint density at radius 3 is 1.77 bits per heavy atom. The lowest BCUT2D eigenvalue weighted by atomic mass is 10.1. The van der Waals surface area contributed by atoms with E-state index in [2.05, 4.69) is 70.3 Å². The van der Waals surface area contributed by atoms with E-state index in [0.717, 1.165) is 6.04 Å². The molecule has 1 rings (SSSR count). The van der Waals surface area contributed by atoms with Crippen molar-refractivity contribution in [2.45, 2.75) is 79.8 Å². The summed E-state index contributed by atoms with van der Waals surface area (Å²) < 4.78 is 0. The Balaban J connectivity index is 0. The molecule has 1 fully saturated rings. The molecule has 3 nitrogen and oxygen atoms in total. The number of nitrogens with zero attached hydrogens (tertiary/aromatic N) is 3. The molecule has 136 valence electrons. The molecule has 0 amide bonds. The summed E-state index contributed by atoms with van der Waals surface area (Å²) in [5, 5.41) is 0. The molecule has 0 unspecified atom stereocenters. The summed E-state index contributed by atoms with van der Waals surface area (Å²) in [5.74, 6) is 0. The topological polar surface area (TPSA) is 9.72 Å². The van der Waals surface area contributed by atoms with Gasteiger partial charge in [-0.2, -0.15) is 0 Å². The molecule has 0 aromatic rings. The van der Waals surface area contributed by atoms with Gasteiger partial charge in [0, 0.05) is 37.8 Å². The van der Waals surface area contributed by atoms with Crippen LogP contribution in [0.3, 0.4) is 0 Å². The third-order valence-corrected chi connectivity index (χ3v) is 4.26.